The molecule has 3 aromatic rings. The zero-order valence-corrected chi connectivity index (χ0v) is 15.0. The summed E-state index contributed by atoms with van der Waals surface area (Å²) < 4.78 is 1.57. The second kappa shape index (κ2) is 6.93. The maximum absolute atomic E-state index is 12.2. The number of benzene rings is 1. The van der Waals surface area contributed by atoms with Gasteiger partial charge in [-0.3, -0.25) is 14.1 Å². The molecule has 1 aromatic carbocycles. The van der Waals surface area contributed by atoms with Crippen LogP contribution in [-0.2, 0) is 13.1 Å². The first-order valence-electron chi connectivity index (χ1n) is 7.54. The smallest absolute Gasteiger partial charge is 0.258 e. The molecule has 0 amide bonds. The molecule has 0 unspecified atom stereocenters. The van der Waals surface area contributed by atoms with Crippen LogP contribution >= 0.6 is 23.2 Å². The van der Waals surface area contributed by atoms with Crippen molar-refractivity contribution in [1.82, 2.24) is 14.3 Å². The topological polar surface area (TPSA) is 37.6 Å². The van der Waals surface area contributed by atoms with Gasteiger partial charge in [0.1, 0.15) is 5.65 Å². The molecule has 0 spiro atoms. The second-order valence-electron chi connectivity index (χ2n) is 5.94. The summed E-state index contributed by atoms with van der Waals surface area (Å²) in [6, 6.07) is 11.0. The highest BCUT2D eigenvalue weighted by Gasteiger charge is 2.08. The Morgan fingerprint density at radius 3 is 2.62 bits per heavy atom. The van der Waals surface area contributed by atoms with E-state index in [0.717, 1.165) is 16.8 Å². The summed E-state index contributed by atoms with van der Waals surface area (Å²) in [5.74, 6) is 0. The third-order valence-electron chi connectivity index (χ3n) is 3.73. The van der Waals surface area contributed by atoms with Crippen molar-refractivity contribution < 1.29 is 0 Å². The maximum Gasteiger partial charge on any atom is 0.258 e. The summed E-state index contributed by atoms with van der Waals surface area (Å²) in [6.45, 7) is 3.20. The molecule has 0 N–H and O–H groups in total. The summed E-state index contributed by atoms with van der Waals surface area (Å²) in [7, 11) is 1.97. The van der Waals surface area contributed by atoms with Crippen molar-refractivity contribution in [2.45, 2.75) is 20.0 Å². The number of aryl methyl sites for hydroxylation is 1. The number of hydrogen-bond donors (Lipinski definition) is 0. The number of rotatable bonds is 4. The van der Waals surface area contributed by atoms with E-state index >= 15 is 0 Å². The predicted octanol–water partition coefficient (Wildman–Crippen LogP) is 3.94. The van der Waals surface area contributed by atoms with Crippen LogP contribution in [0, 0.1) is 6.92 Å². The Hall–Kier alpha value is -1.88. The molecule has 0 aliphatic carbocycles. The van der Waals surface area contributed by atoms with Crippen molar-refractivity contribution >= 4 is 28.8 Å². The third kappa shape index (κ3) is 3.78. The summed E-state index contributed by atoms with van der Waals surface area (Å²) >= 11 is 12.0. The zero-order chi connectivity index (χ0) is 17.3. The number of nitrogens with zero attached hydrogens (tertiary/aromatic N) is 3. The predicted molar refractivity (Wildman–Crippen MR) is 97.8 cm³/mol. The lowest BCUT2D eigenvalue weighted by Gasteiger charge is -2.17. The number of halogens is 2. The Morgan fingerprint density at radius 2 is 1.88 bits per heavy atom. The number of pyridine rings is 1. The standard InChI is InChI=1S/C18H17Cl2N3O/c1-12-3-6-17-21-14(8-18(24)23(17)9-12)11-22(2)10-13-4-5-15(19)16(20)7-13/h3-9H,10-11H2,1-2H3. The fourth-order valence-electron chi connectivity index (χ4n) is 2.62. The molecule has 2 aromatic heterocycles. The third-order valence-corrected chi connectivity index (χ3v) is 4.47. The SMILES string of the molecule is Cc1ccc2nc(CN(C)Cc3ccc(Cl)c(Cl)c3)cc(=O)n2c1. The molecule has 0 aliphatic rings. The molecule has 4 nitrogen and oxygen atoms in total. The number of aromatic nitrogens is 2. The average molecular weight is 362 g/mol. The Labute approximate surface area is 150 Å². The van der Waals surface area contributed by atoms with E-state index < -0.39 is 0 Å². The van der Waals surface area contributed by atoms with Crippen molar-refractivity contribution in [3.05, 3.63) is 79.8 Å². The van der Waals surface area contributed by atoms with E-state index in [1.54, 1.807) is 22.7 Å². The second-order valence-corrected chi connectivity index (χ2v) is 6.76. The summed E-state index contributed by atoms with van der Waals surface area (Å²) in [5, 5.41) is 1.09. The van der Waals surface area contributed by atoms with Crippen molar-refractivity contribution in [2.24, 2.45) is 0 Å². The first-order chi connectivity index (χ1) is 11.4. The Balaban J connectivity index is 1.80. The highest BCUT2D eigenvalue weighted by atomic mass is 35.5. The highest BCUT2D eigenvalue weighted by Crippen LogP contribution is 2.23. The Morgan fingerprint density at radius 1 is 1.08 bits per heavy atom. The van der Waals surface area contributed by atoms with E-state index in [2.05, 4.69) is 9.88 Å². The van der Waals surface area contributed by atoms with Gasteiger partial charge in [0.05, 0.1) is 15.7 Å². The van der Waals surface area contributed by atoms with E-state index in [-0.39, 0.29) is 5.56 Å². The molecule has 124 valence electrons. The molecule has 3 rings (SSSR count). The minimum Gasteiger partial charge on any atom is -0.296 e. The van der Waals surface area contributed by atoms with Crippen LogP contribution in [0.5, 0.6) is 0 Å². The van der Waals surface area contributed by atoms with Crippen LogP contribution in [0.4, 0.5) is 0 Å². The first kappa shape index (κ1) is 17.0. The van der Waals surface area contributed by atoms with E-state index in [0.29, 0.717) is 28.8 Å². The van der Waals surface area contributed by atoms with Crippen molar-refractivity contribution in [2.75, 3.05) is 7.05 Å². The van der Waals surface area contributed by atoms with Crippen molar-refractivity contribution in [3.63, 3.8) is 0 Å². The molecule has 0 aliphatic heterocycles. The summed E-state index contributed by atoms with van der Waals surface area (Å²) in [4.78, 5) is 18.9. The zero-order valence-electron chi connectivity index (χ0n) is 13.5. The van der Waals surface area contributed by atoms with E-state index in [9.17, 15) is 4.79 Å². The highest BCUT2D eigenvalue weighted by molar-refractivity contribution is 6.42. The average Bonchev–Trinajstić information content (AvgIpc) is 2.52. The van der Waals surface area contributed by atoms with Crippen LogP contribution in [0.2, 0.25) is 10.0 Å². The molecule has 0 fully saturated rings. The van der Waals surface area contributed by atoms with Gasteiger partial charge in [0.15, 0.2) is 0 Å². The van der Waals surface area contributed by atoms with Crippen molar-refractivity contribution in [1.29, 1.82) is 0 Å². The minimum absolute atomic E-state index is 0.0679. The number of fused-ring (bicyclic) bond motifs is 1. The van der Waals surface area contributed by atoms with Gasteiger partial charge in [-0.1, -0.05) is 35.3 Å². The fraction of sp³-hybridized carbons (Fsp3) is 0.222. The monoisotopic (exact) mass is 361 g/mol. The molecule has 24 heavy (non-hydrogen) atoms. The molecular formula is C18H17Cl2N3O. The van der Waals surface area contributed by atoms with Crippen LogP contribution in [0.15, 0.2) is 47.4 Å². The van der Waals surface area contributed by atoms with Gasteiger partial charge in [-0.25, -0.2) is 4.98 Å². The van der Waals surface area contributed by atoms with Gasteiger partial charge in [0, 0.05) is 25.4 Å². The molecule has 6 heteroatoms. The van der Waals surface area contributed by atoms with E-state index in [1.165, 1.54) is 0 Å². The molecule has 0 saturated carbocycles. The molecular weight excluding hydrogens is 345 g/mol. The van der Waals surface area contributed by atoms with Crippen LogP contribution in [-0.4, -0.2) is 21.3 Å². The normalized spacial score (nSPS) is 11.4. The molecule has 0 saturated heterocycles. The van der Waals surface area contributed by atoms with Gasteiger partial charge in [-0.2, -0.15) is 0 Å². The van der Waals surface area contributed by atoms with Crippen LogP contribution in [0.1, 0.15) is 16.8 Å². The number of hydrogen-bond acceptors (Lipinski definition) is 3. The molecule has 0 atom stereocenters. The Bertz CT molecular complexity index is 953. The van der Waals surface area contributed by atoms with Crippen LogP contribution in [0.3, 0.4) is 0 Å². The fourth-order valence-corrected chi connectivity index (χ4v) is 2.94. The quantitative estimate of drug-likeness (QED) is 0.706. The lowest BCUT2D eigenvalue weighted by molar-refractivity contribution is 0.315. The molecule has 0 bridgehead atoms. The molecule has 2 heterocycles. The van der Waals surface area contributed by atoms with Gasteiger partial charge in [0.2, 0.25) is 0 Å². The van der Waals surface area contributed by atoms with E-state index in [1.807, 2.05) is 38.2 Å². The van der Waals surface area contributed by atoms with Crippen LogP contribution in [0.25, 0.3) is 5.65 Å². The van der Waals surface area contributed by atoms with E-state index in [4.69, 9.17) is 23.2 Å². The molecule has 0 radical (unpaired) electrons. The Kier molecular flexibility index (Phi) is 4.90. The van der Waals surface area contributed by atoms with Crippen LogP contribution < -0.4 is 5.56 Å². The summed E-state index contributed by atoms with van der Waals surface area (Å²) in [5.41, 5.74) is 3.41. The van der Waals surface area contributed by atoms with Gasteiger partial charge in [-0.15, -0.1) is 0 Å². The largest absolute Gasteiger partial charge is 0.296 e. The van der Waals surface area contributed by atoms with Gasteiger partial charge < -0.3 is 0 Å². The maximum atomic E-state index is 12.2. The lowest BCUT2D eigenvalue weighted by Crippen LogP contribution is -2.22. The van der Waals surface area contributed by atoms with Crippen molar-refractivity contribution in [3.8, 4) is 0 Å². The minimum atomic E-state index is -0.0679. The first-order valence-corrected chi connectivity index (χ1v) is 8.29. The van der Waals surface area contributed by atoms with Gasteiger partial charge >= 0.3 is 0 Å². The van der Waals surface area contributed by atoms with Gasteiger partial charge in [0.25, 0.3) is 5.56 Å². The summed E-state index contributed by atoms with van der Waals surface area (Å²) in [6.07, 6.45) is 1.80. The van der Waals surface area contributed by atoms with Gasteiger partial charge in [-0.05, 0) is 43.3 Å². The lowest BCUT2D eigenvalue weighted by atomic mass is 10.2.